The molecule has 0 aliphatic heterocycles. The van der Waals surface area contributed by atoms with E-state index in [1.54, 1.807) is 0 Å². The molecule has 0 fully saturated rings. The van der Waals surface area contributed by atoms with Gasteiger partial charge in [0.2, 0.25) is 0 Å². The van der Waals surface area contributed by atoms with Crippen molar-refractivity contribution < 1.29 is 14.6 Å². The summed E-state index contributed by atoms with van der Waals surface area (Å²) in [6.45, 7) is 9.79. The minimum Gasteiger partial charge on any atom is -0.490 e. The summed E-state index contributed by atoms with van der Waals surface area (Å²) in [6, 6.07) is 5.80. The highest BCUT2D eigenvalue weighted by Crippen LogP contribution is 2.29. The summed E-state index contributed by atoms with van der Waals surface area (Å²) < 4.78 is 12.2. The highest BCUT2D eigenvalue weighted by Gasteiger charge is 2.07. The molecule has 0 radical (unpaired) electrons. The zero-order chi connectivity index (χ0) is 30.4. The number of aliphatic hydroxyl groups excluding tert-OH is 1. The van der Waals surface area contributed by atoms with Gasteiger partial charge >= 0.3 is 0 Å². The van der Waals surface area contributed by atoms with Gasteiger partial charge in [-0.25, -0.2) is 0 Å². The standard InChI is InChI=1S/C39H66O3/c1-4-6-8-10-12-13-15-18-22-26-32-41-38-31-30-37(35-40)34-39(38)42-33-27-23-19-16-14-17-21-25-29-36(3)28-24-20-11-9-7-5-2/h4,6,8,25,29-31,34,36,40H,1,5,7,9-24,26-28,32-33,35H2,2-3H3. The van der Waals surface area contributed by atoms with Crippen LogP contribution in [0.3, 0.4) is 0 Å². The molecule has 0 aliphatic carbocycles. The molecule has 3 nitrogen and oxygen atoms in total. The molecule has 1 aromatic carbocycles. The van der Waals surface area contributed by atoms with Crippen LogP contribution in [-0.2, 0) is 6.61 Å². The lowest BCUT2D eigenvalue weighted by atomic mass is 10.0. The zero-order valence-electron chi connectivity index (χ0n) is 27.6. The Bertz CT molecular complexity index is 797. The number of rotatable bonds is 30. The van der Waals surface area contributed by atoms with Crippen molar-refractivity contribution in [3.05, 3.63) is 60.7 Å². The molecule has 1 aromatic rings. The van der Waals surface area contributed by atoms with Crippen molar-refractivity contribution >= 4 is 0 Å². The molecule has 1 N–H and O–H groups in total. The van der Waals surface area contributed by atoms with Gasteiger partial charge in [0.05, 0.1) is 19.8 Å². The minimum absolute atomic E-state index is 0.0211. The normalized spacial score (nSPS) is 12.4. The molecule has 0 aliphatic rings. The van der Waals surface area contributed by atoms with Crippen LogP contribution in [0.25, 0.3) is 0 Å². The first kappa shape index (κ1) is 38.0. The Morgan fingerprint density at radius 1 is 0.690 bits per heavy atom. The maximum atomic E-state index is 9.56. The molecule has 0 heterocycles. The molecule has 42 heavy (non-hydrogen) atoms. The highest BCUT2D eigenvalue weighted by atomic mass is 16.5. The number of unbranched alkanes of at least 4 members (excludes halogenated alkanes) is 17. The second-order valence-corrected chi connectivity index (χ2v) is 12.1. The Kier molecular flexibility index (Phi) is 26.3. The lowest BCUT2D eigenvalue weighted by Crippen LogP contribution is -2.03. The molecule has 0 saturated carbocycles. The van der Waals surface area contributed by atoms with E-state index in [0.29, 0.717) is 13.2 Å². The molecule has 0 bridgehead atoms. The minimum atomic E-state index is 0.0211. The molecule has 240 valence electrons. The average molecular weight is 583 g/mol. The number of ether oxygens (including phenoxy) is 2. The van der Waals surface area contributed by atoms with Gasteiger partial charge in [-0.3, -0.25) is 0 Å². The van der Waals surface area contributed by atoms with E-state index in [4.69, 9.17) is 9.47 Å². The van der Waals surface area contributed by atoms with Crippen molar-refractivity contribution in [2.75, 3.05) is 13.2 Å². The van der Waals surface area contributed by atoms with Crippen molar-refractivity contribution in [2.45, 2.75) is 155 Å². The molecule has 0 spiro atoms. The van der Waals surface area contributed by atoms with E-state index in [1.165, 1.54) is 116 Å². The molecule has 1 rings (SSSR count). The maximum Gasteiger partial charge on any atom is 0.161 e. The summed E-state index contributed by atoms with van der Waals surface area (Å²) in [5.41, 5.74) is 0.867. The van der Waals surface area contributed by atoms with Crippen molar-refractivity contribution in [3.63, 3.8) is 0 Å². The Morgan fingerprint density at radius 2 is 1.24 bits per heavy atom. The van der Waals surface area contributed by atoms with Crippen molar-refractivity contribution in [1.29, 1.82) is 0 Å². The molecule has 0 amide bonds. The third-order valence-corrected chi connectivity index (χ3v) is 7.99. The van der Waals surface area contributed by atoms with Gasteiger partial charge < -0.3 is 14.6 Å². The van der Waals surface area contributed by atoms with Gasteiger partial charge in [0.1, 0.15) is 0 Å². The van der Waals surface area contributed by atoms with Crippen LogP contribution in [0.15, 0.2) is 55.2 Å². The molecule has 3 heteroatoms. The lowest BCUT2D eigenvalue weighted by molar-refractivity contribution is 0.254. The van der Waals surface area contributed by atoms with Crippen LogP contribution in [0.2, 0.25) is 0 Å². The van der Waals surface area contributed by atoms with Crippen LogP contribution in [0, 0.1) is 5.92 Å². The summed E-state index contributed by atoms with van der Waals surface area (Å²) in [5.74, 6) is 2.30. The largest absolute Gasteiger partial charge is 0.490 e. The molecular weight excluding hydrogens is 516 g/mol. The molecule has 1 atom stereocenters. The predicted octanol–water partition coefficient (Wildman–Crippen LogP) is 12.1. The van der Waals surface area contributed by atoms with Crippen molar-refractivity contribution in [2.24, 2.45) is 5.92 Å². The summed E-state index contributed by atoms with van der Waals surface area (Å²) in [4.78, 5) is 0. The summed E-state index contributed by atoms with van der Waals surface area (Å²) in [5, 5.41) is 9.56. The van der Waals surface area contributed by atoms with Crippen molar-refractivity contribution in [1.82, 2.24) is 0 Å². The predicted molar refractivity (Wildman–Crippen MR) is 184 cm³/mol. The van der Waals surface area contributed by atoms with Gasteiger partial charge in [0.25, 0.3) is 0 Å². The fraction of sp³-hybridized carbons (Fsp3) is 0.692. The van der Waals surface area contributed by atoms with E-state index < -0.39 is 0 Å². The topological polar surface area (TPSA) is 38.7 Å². The number of allylic oxidation sites excluding steroid dienone is 5. The first-order valence-corrected chi connectivity index (χ1v) is 17.6. The summed E-state index contributed by atoms with van der Waals surface area (Å²) in [6.07, 6.45) is 37.8. The number of benzene rings is 1. The Hall–Kier alpha value is -2.00. The van der Waals surface area contributed by atoms with Crippen LogP contribution < -0.4 is 9.47 Å². The van der Waals surface area contributed by atoms with Crippen LogP contribution in [0.5, 0.6) is 11.5 Å². The second-order valence-electron chi connectivity index (χ2n) is 12.1. The van der Waals surface area contributed by atoms with Gasteiger partial charge in [-0.1, -0.05) is 147 Å². The smallest absolute Gasteiger partial charge is 0.161 e. The first-order chi connectivity index (χ1) is 20.7. The van der Waals surface area contributed by atoms with E-state index in [0.717, 1.165) is 42.2 Å². The highest BCUT2D eigenvalue weighted by molar-refractivity contribution is 5.42. The average Bonchev–Trinajstić information content (AvgIpc) is 3.00. The fourth-order valence-electron chi connectivity index (χ4n) is 5.25. The van der Waals surface area contributed by atoms with Gasteiger partial charge in [-0.05, 0) is 68.6 Å². The molecule has 0 aromatic heterocycles. The molecule has 1 unspecified atom stereocenters. The van der Waals surface area contributed by atoms with E-state index in [9.17, 15) is 5.11 Å². The van der Waals surface area contributed by atoms with Gasteiger partial charge in [-0.15, -0.1) is 0 Å². The Morgan fingerprint density at radius 3 is 1.86 bits per heavy atom. The summed E-state index contributed by atoms with van der Waals surface area (Å²) >= 11 is 0. The molecule has 0 saturated heterocycles. The van der Waals surface area contributed by atoms with Gasteiger partial charge in [-0.2, -0.15) is 0 Å². The van der Waals surface area contributed by atoms with E-state index in [-0.39, 0.29) is 6.61 Å². The second kappa shape index (κ2) is 29.1. The van der Waals surface area contributed by atoms with Gasteiger partial charge in [0, 0.05) is 0 Å². The lowest BCUT2D eigenvalue weighted by Gasteiger charge is -2.14. The van der Waals surface area contributed by atoms with Gasteiger partial charge in [0.15, 0.2) is 11.5 Å². The number of hydrogen-bond acceptors (Lipinski definition) is 3. The molecular formula is C39H66O3. The number of aliphatic hydroxyl groups is 1. The zero-order valence-corrected chi connectivity index (χ0v) is 27.6. The third kappa shape index (κ3) is 22.6. The first-order valence-electron chi connectivity index (χ1n) is 17.6. The van der Waals surface area contributed by atoms with Crippen LogP contribution in [0.4, 0.5) is 0 Å². The van der Waals surface area contributed by atoms with E-state index in [1.807, 2.05) is 30.4 Å². The van der Waals surface area contributed by atoms with Crippen molar-refractivity contribution in [3.8, 4) is 11.5 Å². The fourth-order valence-corrected chi connectivity index (χ4v) is 5.25. The van der Waals surface area contributed by atoms with Crippen LogP contribution in [0.1, 0.15) is 154 Å². The van der Waals surface area contributed by atoms with Crippen LogP contribution in [-0.4, -0.2) is 18.3 Å². The van der Waals surface area contributed by atoms with E-state index >= 15 is 0 Å². The third-order valence-electron chi connectivity index (χ3n) is 7.99. The summed E-state index contributed by atoms with van der Waals surface area (Å²) in [7, 11) is 0. The quantitative estimate of drug-likeness (QED) is 0.0557. The number of hydrogen-bond donors (Lipinski definition) is 1. The SMILES string of the molecule is C=CC=CCCCCCCCCOc1ccc(CO)cc1OCCCCCCCCC=CC(C)CCCCCCCC. The monoisotopic (exact) mass is 583 g/mol. The Labute approximate surface area is 260 Å². The van der Waals surface area contributed by atoms with E-state index in [2.05, 4.69) is 38.7 Å². The Balaban J connectivity index is 2.09. The van der Waals surface area contributed by atoms with Crippen LogP contribution >= 0.6 is 0 Å². The maximum absolute atomic E-state index is 9.56.